The highest BCUT2D eigenvalue weighted by Gasteiger charge is 2.33. The van der Waals surface area contributed by atoms with Crippen LogP contribution in [0.3, 0.4) is 0 Å². The lowest BCUT2D eigenvalue weighted by Gasteiger charge is -2.23. The second-order valence-electron chi connectivity index (χ2n) is 5.44. The lowest BCUT2D eigenvalue weighted by molar-refractivity contribution is -0.128. The van der Waals surface area contributed by atoms with Crippen molar-refractivity contribution in [3.05, 3.63) is 53.9 Å². The van der Waals surface area contributed by atoms with Crippen LogP contribution in [0.2, 0.25) is 0 Å². The third-order valence-corrected chi connectivity index (χ3v) is 5.22. The topological polar surface area (TPSA) is 51.7 Å². The van der Waals surface area contributed by atoms with Gasteiger partial charge in [0.15, 0.2) is 11.5 Å². The Bertz CT molecular complexity index is 709. The minimum absolute atomic E-state index is 0.00107. The maximum absolute atomic E-state index is 12.2. The molecule has 126 valence electrons. The predicted molar refractivity (Wildman–Crippen MR) is 94.4 cm³/mol. The molecule has 1 atom stereocenters. The molecule has 0 radical (unpaired) electrons. The van der Waals surface area contributed by atoms with Crippen LogP contribution in [0.1, 0.15) is 16.6 Å². The van der Waals surface area contributed by atoms with Gasteiger partial charge in [-0.25, -0.2) is 0 Å². The second kappa shape index (κ2) is 7.57. The Balaban J connectivity index is 1.71. The smallest absolute Gasteiger partial charge is 0.233 e. The van der Waals surface area contributed by atoms with Gasteiger partial charge in [-0.15, -0.1) is 11.8 Å². The summed E-state index contributed by atoms with van der Waals surface area (Å²) in [5.41, 5.74) is 2.04. The number of thioether (sulfide) groups is 1. The molecule has 1 aliphatic rings. The Hall–Kier alpha value is -2.21. The average molecular weight is 344 g/mol. The number of hydrogen-bond acceptors (Lipinski definition) is 5. The number of carbonyl (C=O) groups excluding carboxylic acids is 1. The van der Waals surface area contributed by atoms with Crippen molar-refractivity contribution in [1.82, 2.24) is 9.88 Å². The van der Waals surface area contributed by atoms with E-state index in [1.807, 2.05) is 41.3 Å². The first-order valence-electron chi connectivity index (χ1n) is 7.76. The van der Waals surface area contributed by atoms with Gasteiger partial charge < -0.3 is 14.4 Å². The van der Waals surface area contributed by atoms with Crippen molar-refractivity contribution in [3.8, 4) is 11.5 Å². The van der Waals surface area contributed by atoms with Crippen molar-refractivity contribution < 1.29 is 14.3 Å². The van der Waals surface area contributed by atoms with E-state index in [9.17, 15) is 4.79 Å². The van der Waals surface area contributed by atoms with Gasteiger partial charge >= 0.3 is 0 Å². The summed E-state index contributed by atoms with van der Waals surface area (Å²) in [6.45, 7) is 0.655. The Morgan fingerprint density at radius 3 is 2.75 bits per heavy atom. The maximum atomic E-state index is 12.2. The molecular formula is C18H20N2O3S. The summed E-state index contributed by atoms with van der Waals surface area (Å²) in [5.74, 6) is 2.09. The predicted octanol–water partition coefficient (Wildman–Crippen LogP) is 2.92. The number of rotatable bonds is 6. The van der Waals surface area contributed by atoms with E-state index in [1.54, 1.807) is 32.2 Å². The number of nitrogens with zero attached hydrogens (tertiary/aromatic N) is 2. The van der Waals surface area contributed by atoms with Crippen molar-refractivity contribution in [2.24, 2.45) is 0 Å². The number of pyridine rings is 1. The lowest BCUT2D eigenvalue weighted by atomic mass is 10.1. The molecule has 0 saturated carbocycles. The zero-order valence-corrected chi connectivity index (χ0v) is 14.6. The highest BCUT2D eigenvalue weighted by atomic mass is 32.2. The summed E-state index contributed by atoms with van der Waals surface area (Å²) >= 11 is 1.63. The number of aromatic nitrogens is 1. The quantitative estimate of drug-likeness (QED) is 0.806. The SMILES string of the molecule is COc1ccc(CCN2C(=O)CSC2c2ccccn2)cc1OC. The van der Waals surface area contributed by atoms with Crippen LogP contribution < -0.4 is 9.47 Å². The van der Waals surface area contributed by atoms with Gasteiger partial charge in [0.1, 0.15) is 5.37 Å². The molecule has 24 heavy (non-hydrogen) atoms. The molecule has 0 aliphatic carbocycles. The van der Waals surface area contributed by atoms with E-state index in [1.165, 1.54) is 0 Å². The van der Waals surface area contributed by atoms with E-state index in [4.69, 9.17) is 9.47 Å². The molecule has 1 fully saturated rings. The molecule has 2 heterocycles. The van der Waals surface area contributed by atoms with Crippen LogP contribution in [0, 0.1) is 0 Å². The van der Waals surface area contributed by atoms with Crippen LogP contribution in [0.15, 0.2) is 42.6 Å². The van der Waals surface area contributed by atoms with Crippen molar-refractivity contribution in [2.45, 2.75) is 11.8 Å². The third-order valence-electron chi connectivity index (χ3n) is 4.00. The average Bonchev–Trinajstić information content (AvgIpc) is 3.01. The van der Waals surface area contributed by atoms with Crippen molar-refractivity contribution in [1.29, 1.82) is 0 Å². The van der Waals surface area contributed by atoms with Crippen LogP contribution in [0.25, 0.3) is 0 Å². The van der Waals surface area contributed by atoms with E-state index >= 15 is 0 Å². The summed E-state index contributed by atoms with van der Waals surface area (Å²) in [6.07, 6.45) is 2.53. The van der Waals surface area contributed by atoms with E-state index in [0.717, 1.165) is 17.7 Å². The largest absolute Gasteiger partial charge is 0.493 e. The molecule has 1 saturated heterocycles. The van der Waals surface area contributed by atoms with Crippen LogP contribution in [-0.4, -0.2) is 42.3 Å². The first kappa shape index (κ1) is 16.6. The molecule has 0 spiro atoms. The molecule has 3 rings (SSSR count). The summed E-state index contributed by atoms with van der Waals surface area (Å²) in [4.78, 5) is 18.5. The minimum Gasteiger partial charge on any atom is -0.493 e. The molecule has 1 amide bonds. The van der Waals surface area contributed by atoms with Crippen LogP contribution in [0.4, 0.5) is 0 Å². The maximum Gasteiger partial charge on any atom is 0.233 e. The molecule has 2 aromatic rings. The molecule has 1 aromatic heterocycles. The highest BCUT2D eigenvalue weighted by Crippen LogP contribution is 2.37. The number of hydrogen-bond donors (Lipinski definition) is 0. The highest BCUT2D eigenvalue weighted by molar-refractivity contribution is 8.00. The first-order chi connectivity index (χ1) is 11.7. The number of methoxy groups -OCH3 is 2. The van der Waals surface area contributed by atoms with Gasteiger partial charge in [0.25, 0.3) is 0 Å². The summed E-state index contributed by atoms with van der Waals surface area (Å²) in [6, 6.07) is 11.7. The summed E-state index contributed by atoms with van der Waals surface area (Å²) < 4.78 is 10.6. The summed E-state index contributed by atoms with van der Waals surface area (Å²) in [5, 5.41) is -0.00107. The molecule has 1 aliphatic heterocycles. The second-order valence-corrected chi connectivity index (χ2v) is 6.51. The molecule has 1 aromatic carbocycles. The molecule has 5 nitrogen and oxygen atoms in total. The van der Waals surface area contributed by atoms with Gasteiger partial charge in [0.05, 0.1) is 25.7 Å². The van der Waals surface area contributed by atoms with Crippen LogP contribution in [-0.2, 0) is 11.2 Å². The van der Waals surface area contributed by atoms with Crippen molar-refractivity contribution in [2.75, 3.05) is 26.5 Å². The number of carbonyl (C=O) groups is 1. The fourth-order valence-corrected chi connectivity index (χ4v) is 3.93. The van der Waals surface area contributed by atoms with Gasteiger partial charge in [-0.2, -0.15) is 0 Å². The summed E-state index contributed by atoms with van der Waals surface area (Å²) in [7, 11) is 3.24. The Kier molecular flexibility index (Phi) is 5.25. The third kappa shape index (κ3) is 3.48. The van der Waals surface area contributed by atoms with Crippen LogP contribution in [0.5, 0.6) is 11.5 Å². The van der Waals surface area contributed by atoms with Gasteiger partial charge in [-0.3, -0.25) is 9.78 Å². The zero-order chi connectivity index (χ0) is 16.9. The van der Waals surface area contributed by atoms with Crippen molar-refractivity contribution in [3.63, 3.8) is 0 Å². The number of benzene rings is 1. The van der Waals surface area contributed by atoms with Gasteiger partial charge in [0.2, 0.25) is 5.91 Å². The first-order valence-corrected chi connectivity index (χ1v) is 8.80. The minimum atomic E-state index is -0.00107. The fourth-order valence-electron chi connectivity index (χ4n) is 2.75. The van der Waals surface area contributed by atoms with Gasteiger partial charge in [-0.1, -0.05) is 12.1 Å². The lowest BCUT2D eigenvalue weighted by Crippen LogP contribution is -2.30. The van der Waals surface area contributed by atoms with E-state index in [2.05, 4.69) is 4.98 Å². The van der Waals surface area contributed by atoms with E-state index < -0.39 is 0 Å². The monoisotopic (exact) mass is 344 g/mol. The molecule has 0 bridgehead atoms. The van der Waals surface area contributed by atoms with Gasteiger partial charge in [-0.05, 0) is 36.2 Å². The Morgan fingerprint density at radius 1 is 1.21 bits per heavy atom. The molecule has 0 N–H and O–H groups in total. The Labute approximate surface area is 146 Å². The number of amides is 1. The van der Waals surface area contributed by atoms with Crippen molar-refractivity contribution >= 4 is 17.7 Å². The molecular weight excluding hydrogens is 324 g/mol. The van der Waals surface area contributed by atoms with Gasteiger partial charge in [0, 0.05) is 12.7 Å². The van der Waals surface area contributed by atoms with E-state index in [-0.39, 0.29) is 11.3 Å². The number of ether oxygens (including phenoxy) is 2. The Morgan fingerprint density at radius 2 is 2.04 bits per heavy atom. The normalized spacial score (nSPS) is 17.2. The van der Waals surface area contributed by atoms with Crippen LogP contribution >= 0.6 is 11.8 Å². The fraction of sp³-hybridized carbons (Fsp3) is 0.333. The zero-order valence-electron chi connectivity index (χ0n) is 13.8. The standard InChI is InChI=1S/C18H20N2O3S/c1-22-15-7-6-13(11-16(15)23-2)8-10-20-17(21)12-24-18(20)14-5-3-4-9-19-14/h3-7,9,11,18H,8,10,12H2,1-2H3. The van der Waals surface area contributed by atoms with E-state index in [0.29, 0.717) is 23.8 Å². The molecule has 6 heteroatoms. The molecule has 1 unspecified atom stereocenters.